The molecule has 1 aromatic heterocycles. The Morgan fingerprint density at radius 1 is 1.10 bits per heavy atom. The van der Waals surface area contributed by atoms with E-state index in [0.29, 0.717) is 19.7 Å². The highest BCUT2D eigenvalue weighted by atomic mass is 16.5. The molecule has 2 aromatic rings. The smallest absolute Gasteiger partial charge is 0.322 e. The number of carbonyl (C=O) groups is 1. The first kappa shape index (κ1) is 19.5. The Morgan fingerprint density at radius 2 is 1.86 bits per heavy atom. The van der Waals surface area contributed by atoms with Gasteiger partial charge in [-0.2, -0.15) is 0 Å². The molecule has 0 radical (unpaired) electrons. The summed E-state index contributed by atoms with van der Waals surface area (Å²) in [5.41, 5.74) is 2.95. The maximum absolute atomic E-state index is 12.9. The van der Waals surface area contributed by atoms with Crippen LogP contribution in [-0.4, -0.2) is 47.1 Å². The van der Waals surface area contributed by atoms with E-state index in [1.807, 2.05) is 43.0 Å². The summed E-state index contributed by atoms with van der Waals surface area (Å²) in [7, 11) is 0. The first-order valence-corrected chi connectivity index (χ1v) is 10.5. The summed E-state index contributed by atoms with van der Waals surface area (Å²) in [5.74, 6) is 2.64. The molecule has 4 rings (SSSR count). The number of anilines is 2. The number of ether oxygens (including phenoxy) is 1. The molecule has 1 N–H and O–H groups in total. The van der Waals surface area contributed by atoms with E-state index in [2.05, 4.69) is 15.2 Å². The first-order valence-electron chi connectivity index (χ1n) is 10.5. The van der Waals surface area contributed by atoms with Crippen molar-refractivity contribution in [2.24, 2.45) is 0 Å². The molecule has 1 saturated heterocycles. The number of aryl methyl sites for hydroxylation is 1. The zero-order valence-electron chi connectivity index (χ0n) is 17.3. The van der Waals surface area contributed by atoms with E-state index in [0.717, 1.165) is 53.8 Å². The lowest BCUT2D eigenvalue weighted by Crippen LogP contribution is -2.41. The second-order valence-corrected chi connectivity index (χ2v) is 7.63. The number of rotatable bonds is 4. The van der Waals surface area contributed by atoms with Gasteiger partial charge in [0, 0.05) is 37.3 Å². The highest BCUT2D eigenvalue weighted by molar-refractivity contribution is 5.89. The van der Waals surface area contributed by atoms with Gasteiger partial charge in [0.2, 0.25) is 0 Å². The molecule has 0 unspecified atom stereocenters. The summed E-state index contributed by atoms with van der Waals surface area (Å²) in [5, 5.41) is 3.00. The Bertz CT molecular complexity index is 862. The standard InChI is InChI=1S/C22H29N5O2/c1-3-29-18-9-7-17(8-10-18)25-22(28)27-14-11-20-19(15-27)21(24-16(2)23-20)26-12-5-4-6-13-26/h7-10H,3-6,11-15H2,1-2H3,(H,25,28). The second kappa shape index (κ2) is 8.68. The zero-order chi connectivity index (χ0) is 20.2. The topological polar surface area (TPSA) is 70.6 Å². The molecule has 2 aliphatic rings. The summed E-state index contributed by atoms with van der Waals surface area (Å²) >= 11 is 0. The molecule has 154 valence electrons. The van der Waals surface area contributed by atoms with Crippen molar-refractivity contribution < 1.29 is 9.53 Å². The number of hydrogen-bond acceptors (Lipinski definition) is 5. The van der Waals surface area contributed by atoms with E-state index >= 15 is 0 Å². The minimum Gasteiger partial charge on any atom is -0.494 e. The van der Waals surface area contributed by atoms with Crippen molar-refractivity contribution in [3.05, 3.63) is 41.3 Å². The average Bonchev–Trinajstić information content (AvgIpc) is 2.75. The summed E-state index contributed by atoms with van der Waals surface area (Å²) in [6.45, 7) is 7.80. The minimum absolute atomic E-state index is 0.0926. The summed E-state index contributed by atoms with van der Waals surface area (Å²) in [6.07, 6.45) is 4.43. The number of carbonyl (C=O) groups excluding carboxylic acids is 1. The predicted molar refractivity (Wildman–Crippen MR) is 114 cm³/mol. The summed E-state index contributed by atoms with van der Waals surface area (Å²) in [4.78, 5) is 26.5. The monoisotopic (exact) mass is 395 g/mol. The van der Waals surface area contributed by atoms with Gasteiger partial charge in [0.15, 0.2) is 0 Å². The molecule has 7 heteroatoms. The molecule has 29 heavy (non-hydrogen) atoms. The van der Waals surface area contributed by atoms with Crippen LogP contribution in [0.15, 0.2) is 24.3 Å². The number of piperidine rings is 1. The lowest BCUT2D eigenvalue weighted by atomic mass is 10.0. The molecule has 0 saturated carbocycles. The lowest BCUT2D eigenvalue weighted by Gasteiger charge is -2.34. The van der Waals surface area contributed by atoms with E-state index in [4.69, 9.17) is 9.72 Å². The number of aromatic nitrogens is 2. The van der Waals surface area contributed by atoms with Crippen molar-refractivity contribution in [1.82, 2.24) is 14.9 Å². The van der Waals surface area contributed by atoms with Crippen LogP contribution in [0.4, 0.5) is 16.3 Å². The van der Waals surface area contributed by atoms with Crippen LogP contribution in [0, 0.1) is 6.92 Å². The van der Waals surface area contributed by atoms with E-state index in [9.17, 15) is 4.79 Å². The lowest BCUT2D eigenvalue weighted by molar-refractivity contribution is 0.206. The van der Waals surface area contributed by atoms with Gasteiger partial charge in [-0.3, -0.25) is 0 Å². The van der Waals surface area contributed by atoms with Crippen LogP contribution in [0.3, 0.4) is 0 Å². The number of amides is 2. The van der Waals surface area contributed by atoms with Crippen LogP contribution in [0.2, 0.25) is 0 Å². The third-order valence-electron chi connectivity index (χ3n) is 5.51. The largest absolute Gasteiger partial charge is 0.494 e. The maximum atomic E-state index is 12.9. The second-order valence-electron chi connectivity index (χ2n) is 7.63. The molecule has 3 heterocycles. The van der Waals surface area contributed by atoms with Crippen molar-refractivity contribution in [1.29, 1.82) is 0 Å². The molecule has 1 aromatic carbocycles. The van der Waals surface area contributed by atoms with Gasteiger partial charge >= 0.3 is 6.03 Å². The van der Waals surface area contributed by atoms with Gasteiger partial charge in [0.25, 0.3) is 0 Å². The van der Waals surface area contributed by atoms with Gasteiger partial charge in [0.05, 0.1) is 18.8 Å². The maximum Gasteiger partial charge on any atom is 0.322 e. The Kier molecular flexibility index (Phi) is 5.83. The number of hydrogen-bond donors (Lipinski definition) is 1. The zero-order valence-corrected chi connectivity index (χ0v) is 17.3. The molecule has 0 aliphatic carbocycles. The van der Waals surface area contributed by atoms with Crippen LogP contribution in [0.1, 0.15) is 43.3 Å². The molecular formula is C22H29N5O2. The highest BCUT2D eigenvalue weighted by Gasteiger charge is 2.27. The third kappa shape index (κ3) is 4.44. The number of fused-ring (bicyclic) bond motifs is 1. The SMILES string of the molecule is CCOc1ccc(NC(=O)N2CCc3nc(C)nc(N4CCCCC4)c3C2)cc1. The molecule has 0 atom stereocenters. The Morgan fingerprint density at radius 3 is 2.59 bits per heavy atom. The Hall–Kier alpha value is -2.83. The number of nitrogens with one attached hydrogen (secondary N) is 1. The van der Waals surface area contributed by atoms with Gasteiger partial charge in [-0.1, -0.05) is 0 Å². The fraction of sp³-hybridized carbons (Fsp3) is 0.500. The quantitative estimate of drug-likeness (QED) is 0.853. The van der Waals surface area contributed by atoms with Crippen molar-refractivity contribution in [3.63, 3.8) is 0 Å². The van der Waals surface area contributed by atoms with Crippen molar-refractivity contribution in [2.45, 2.75) is 46.1 Å². The Balaban J connectivity index is 1.49. The normalized spacial score (nSPS) is 16.3. The van der Waals surface area contributed by atoms with Crippen LogP contribution in [0.25, 0.3) is 0 Å². The van der Waals surface area contributed by atoms with Gasteiger partial charge in [-0.15, -0.1) is 0 Å². The van der Waals surface area contributed by atoms with Crippen LogP contribution in [-0.2, 0) is 13.0 Å². The van der Waals surface area contributed by atoms with Gasteiger partial charge < -0.3 is 19.9 Å². The highest BCUT2D eigenvalue weighted by Crippen LogP contribution is 2.29. The molecule has 0 spiro atoms. The number of benzene rings is 1. The summed E-state index contributed by atoms with van der Waals surface area (Å²) < 4.78 is 5.46. The predicted octanol–water partition coefficient (Wildman–Crippen LogP) is 3.76. The van der Waals surface area contributed by atoms with E-state index < -0.39 is 0 Å². The van der Waals surface area contributed by atoms with E-state index in [-0.39, 0.29) is 6.03 Å². The fourth-order valence-corrected chi connectivity index (χ4v) is 4.06. The number of urea groups is 1. The fourth-order valence-electron chi connectivity index (χ4n) is 4.06. The molecule has 2 amide bonds. The van der Waals surface area contributed by atoms with Crippen LogP contribution >= 0.6 is 0 Å². The first-order chi connectivity index (χ1) is 14.1. The molecule has 0 bridgehead atoms. The minimum atomic E-state index is -0.0926. The third-order valence-corrected chi connectivity index (χ3v) is 5.51. The molecule has 7 nitrogen and oxygen atoms in total. The van der Waals surface area contributed by atoms with Gasteiger partial charge in [-0.05, 0) is 57.4 Å². The van der Waals surface area contributed by atoms with Crippen LogP contribution < -0.4 is 15.0 Å². The molecule has 2 aliphatic heterocycles. The summed E-state index contributed by atoms with van der Waals surface area (Å²) in [6, 6.07) is 7.38. The van der Waals surface area contributed by atoms with Crippen molar-refractivity contribution in [2.75, 3.05) is 36.5 Å². The van der Waals surface area contributed by atoms with E-state index in [1.165, 1.54) is 19.3 Å². The Labute approximate surface area is 172 Å². The van der Waals surface area contributed by atoms with Gasteiger partial charge in [0.1, 0.15) is 17.4 Å². The average molecular weight is 396 g/mol. The molecular weight excluding hydrogens is 366 g/mol. The van der Waals surface area contributed by atoms with Crippen LogP contribution in [0.5, 0.6) is 5.75 Å². The van der Waals surface area contributed by atoms with E-state index in [1.54, 1.807) is 0 Å². The van der Waals surface area contributed by atoms with Crippen molar-refractivity contribution in [3.8, 4) is 5.75 Å². The molecule has 1 fully saturated rings. The van der Waals surface area contributed by atoms with Crippen molar-refractivity contribution >= 4 is 17.5 Å². The van der Waals surface area contributed by atoms with Gasteiger partial charge in [-0.25, -0.2) is 14.8 Å². The number of nitrogens with zero attached hydrogens (tertiary/aromatic N) is 4.